The van der Waals surface area contributed by atoms with Crippen LogP contribution in [0.5, 0.6) is 0 Å². The van der Waals surface area contributed by atoms with Crippen LogP contribution in [0.2, 0.25) is 5.02 Å². The van der Waals surface area contributed by atoms with Crippen molar-refractivity contribution in [1.29, 1.82) is 0 Å². The largest absolute Gasteiger partial charge is 0.387 e. The van der Waals surface area contributed by atoms with E-state index in [9.17, 15) is 9.50 Å². The molecule has 0 aliphatic carbocycles. The fraction of sp³-hybridized carbons (Fsp3) is 0.200. The summed E-state index contributed by atoms with van der Waals surface area (Å²) in [7, 11) is 0. The lowest BCUT2D eigenvalue weighted by molar-refractivity contribution is 0.174. The van der Waals surface area contributed by atoms with E-state index >= 15 is 0 Å². The number of hydrogen-bond donors (Lipinski definition) is 2. The van der Waals surface area contributed by atoms with Crippen LogP contribution >= 0.6 is 11.6 Å². The maximum absolute atomic E-state index is 12.9. The number of aliphatic hydroxyl groups excluding tert-OH is 1. The van der Waals surface area contributed by atoms with Gasteiger partial charge in [0.25, 0.3) is 0 Å². The number of rotatable bonds is 5. The molecule has 2 nitrogen and oxygen atoms in total. The predicted octanol–water partition coefficient (Wildman–Crippen LogP) is 3.30. The third-order valence-electron chi connectivity index (χ3n) is 2.85. The molecule has 0 aromatic heterocycles. The Hall–Kier alpha value is -1.42. The molecule has 0 fully saturated rings. The summed E-state index contributed by atoms with van der Waals surface area (Å²) in [5.41, 5.74) is 1.67. The highest BCUT2D eigenvalue weighted by molar-refractivity contribution is 6.31. The van der Waals surface area contributed by atoms with Gasteiger partial charge in [0.05, 0.1) is 6.10 Å². The van der Waals surface area contributed by atoms with Crippen LogP contribution in [-0.4, -0.2) is 11.7 Å². The van der Waals surface area contributed by atoms with E-state index in [4.69, 9.17) is 11.6 Å². The van der Waals surface area contributed by atoms with Crippen molar-refractivity contribution in [2.24, 2.45) is 0 Å². The van der Waals surface area contributed by atoms with E-state index in [-0.39, 0.29) is 5.82 Å². The van der Waals surface area contributed by atoms with Crippen LogP contribution in [0.4, 0.5) is 4.39 Å². The van der Waals surface area contributed by atoms with E-state index in [0.29, 0.717) is 18.1 Å². The van der Waals surface area contributed by atoms with Crippen molar-refractivity contribution in [3.63, 3.8) is 0 Å². The highest BCUT2D eigenvalue weighted by Crippen LogP contribution is 2.17. The lowest BCUT2D eigenvalue weighted by Gasteiger charge is -2.12. The van der Waals surface area contributed by atoms with Gasteiger partial charge >= 0.3 is 0 Å². The summed E-state index contributed by atoms with van der Waals surface area (Å²) in [6.07, 6.45) is -0.569. The molecule has 0 radical (unpaired) electrons. The fourth-order valence-electron chi connectivity index (χ4n) is 1.80. The topological polar surface area (TPSA) is 32.3 Å². The van der Waals surface area contributed by atoms with Gasteiger partial charge in [0.2, 0.25) is 0 Å². The lowest BCUT2D eigenvalue weighted by atomic mass is 10.1. The van der Waals surface area contributed by atoms with Crippen molar-refractivity contribution < 1.29 is 9.50 Å². The average molecular weight is 280 g/mol. The molecule has 1 atom stereocenters. The molecule has 4 heteroatoms. The minimum atomic E-state index is -0.569. The molecule has 2 aromatic rings. The molecule has 0 saturated heterocycles. The molecule has 0 heterocycles. The van der Waals surface area contributed by atoms with Crippen LogP contribution in [0.3, 0.4) is 0 Å². The van der Waals surface area contributed by atoms with Crippen molar-refractivity contribution in [2.45, 2.75) is 12.6 Å². The first-order chi connectivity index (χ1) is 9.16. The Morgan fingerprint density at radius 1 is 1.16 bits per heavy atom. The summed E-state index contributed by atoms with van der Waals surface area (Å²) in [6, 6.07) is 13.7. The highest BCUT2D eigenvalue weighted by atomic mass is 35.5. The summed E-state index contributed by atoms with van der Waals surface area (Å²) in [4.78, 5) is 0. The molecule has 0 amide bonds. The Balaban J connectivity index is 1.86. The minimum absolute atomic E-state index is 0.349. The summed E-state index contributed by atoms with van der Waals surface area (Å²) in [6.45, 7) is 0.903. The Labute approximate surface area is 116 Å². The third-order valence-corrected chi connectivity index (χ3v) is 3.20. The van der Waals surface area contributed by atoms with Gasteiger partial charge in [0.1, 0.15) is 5.82 Å². The SMILES string of the molecule is OC(CNCc1ccc(F)cc1Cl)c1ccccc1. The smallest absolute Gasteiger partial charge is 0.124 e. The van der Waals surface area contributed by atoms with Crippen molar-refractivity contribution in [2.75, 3.05) is 6.54 Å². The van der Waals surface area contributed by atoms with Crippen LogP contribution in [0.15, 0.2) is 48.5 Å². The zero-order valence-corrected chi connectivity index (χ0v) is 11.1. The number of aliphatic hydroxyl groups is 1. The Morgan fingerprint density at radius 3 is 2.58 bits per heavy atom. The second-order valence-electron chi connectivity index (χ2n) is 4.29. The molecule has 0 aliphatic rings. The Morgan fingerprint density at radius 2 is 1.89 bits per heavy atom. The normalized spacial score (nSPS) is 12.4. The summed E-state index contributed by atoms with van der Waals surface area (Å²) >= 11 is 5.92. The molecule has 2 N–H and O–H groups in total. The van der Waals surface area contributed by atoms with Gasteiger partial charge in [-0.3, -0.25) is 0 Å². The molecule has 100 valence electrons. The molecule has 0 saturated carbocycles. The first-order valence-corrected chi connectivity index (χ1v) is 6.42. The number of nitrogens with one attached hydrogen (secondary N) is 1. The second-order valence-corrected chi connectivity index (χ2v) is 4.70. The summed E-state index contributed by atoms with van der Waals surface area (Å²) in [5.74, 6) is -0.349. The number of benzene rings is 2. The molecule has 0 spiro atoms. The highest BCUT2D eigenvalue weighted by Gasteiger charge is 2.07. The minimum Gasteiger partial charge on any atom is -0.387 e. The van der Waals surface area contributed by atoms with Crippen molar-refractivity contribution >= 4 is 11.6 Å². The first kappa shape index (κ1) is 14.0. The van der Waals surface area contributed by atoms with E-state index in [1.54, 1.807) is 6.07 Å². The number of hydrogen-bond acceptors (Lipinski definition) is 2. The standard InChI is InChI=1S/C15H15ClFNO/c16-14-8-13(17)7-6-12(14)9-18-10-15(19)11-4-2-1-3-5-11/h1-8,15,18-19H,9-10H2. The van der Waals surface area contributed by atoms with Gasteiger partial charge in [0, 0.05) is 18.1 Å². The monoisotopic (exact) mass is 279 g/mol. The van der Waals surface area contributed by atoms with Gasteiger partial charge in [-0.1, -0.05) is 48.0 Å². The van der Waals surface area contributed by atoms with E-state index in [0.717, 1.165) is 11.1 Å². The zero-order valence-electron chi connectivity index (χ0n) is 10.3. The second kappa shape index (κ2) is 6.66. The summed E-state index contributed by atoms with van der Waals surface area (Å²) < 4.78 is 12.9. The van der Waals surface area contributed by atoms with Gasteiger partial charge in [-0.05, 0) is 23.3 Å². The average Bonchev–Trinajstić information content (AvgIpc) is 2.42. The van der Waals surface area contributed by atoms with Crippen LogP contribution in [0.25, 0.3) is 0 Å². The zero-order chi connectivity index (χ0) is 13.7. The maximum Gasteiger partial charge on any atom is 0.124 e. The van der Waals surface area contributed by atoms with E-state index in [2.05, 4.69) is 5.32 Å². The molecule has 0 bridgehead atoms. The molecule has 19 heavy (non-hydrogen) atoms. The lowest BCUT2D eigenvalue weighted by Crippen LogP contribution is -2.21. The van der Waals surface area contributed by atoms with Crippen molar-refractivity contribution in [1.82, 2.24) is 5.32 Å². The Kier molecular flexibility index (Phi) is 4.91. The molecule has 1 unspecified atom stereocenters. The van der Waals surface area contributed by atoms with Gasteiger partial charge in [-0.2, -0.15) is 0 Å². The van der Waals surface area contributed by atoms with Gasteiger partial charge < -0.3 is 10.4 Å². The van der Waals surface area contributed by atoms with Crippen LogP contribution < -0.4 is 5.32 Å². The third kappa shape index (κ3) is 4.03. The van der Waals surface area contributed by atoms with Crippen LogP contribution in [-0.2, 0) is 6.54 Å². The van der Waals surface area contributed by atoms with E-state index in [1.165, 1.54) is 12.1 Å². The molecular weight excluding hydrogens is 265 g/mol. The van der Waals surface area contributed by atoms with E-state index < -0.39 is 6.10 Å². The first-order valence-electron chi connectivity index (χ1n) is 6.04. The van der Waals surface area contributed by atoms with Gasteiger partial charge in [-0.15, -0.1) is 0 Å². The van der Waals surface area contributed by atoms with E-state index in [1.807, 2.05) is 30.3 Å². The molecular formula is C15H15ClFNO. The van der Waals surface area contributed by atoms with Crippen molar-refractivity contribution in [3.05, 3.63) is 70.5 Å². The number of halogens is 2. The van der Waals surface area contributed by atoms with Gasteiger partial charge in [0.15, 0.2) is 0 Å². The fourth-order valence-corrected chi connectivity index (χ4v) is 2.04. The van der Waals surface area contributed by atoms with Crippen LogP contribution in [0.1, 0.15) is 17.2 Å². The predicted molar refractivity (Wildman–Crippen MR) is 74.5 cm³/mol. The molecule has 2 rings (SSSR count). The van der Waals surface area contributed by atoms with Gasteiger partial charge in [-0.25, -0.2) is 4.39 Å². The quantitative estimate of drug-likeness (QED) is 0.880. The summed E-state index contributed by atoms with van der Waals surface area (Å²) in [5, 5.41) is 13.5. The van der Waals surface area contributed by atoms with Crippen LogP contribution in [0, 0.1) is 5.82 Å². The molecule has 2 aromatic carbocycles. The molecule has 0 aliphatic heterocycles. The Bertz CT molecular complexity index is 533. The maximum atomic E-state index is 12.9. The van der Waals surface area contributed by atoms with Crippen molar-refractivity contribution in [3.8, 4) is 0 Å².